The number of methoxy groups -OCH3 is 2. The first-order valence-electron chi connectivity index (χ1n) is 10.4. The largest absolute Gasteiger partial charge is 0.504 e. The van der Waals surface area contributed by atoms with E-state index in [2.05, 4.69) is 0 Å². The highest BCUT2D eigenvalue weighted by molar-refractivity contribution is 8.77. The first-order valence-corrected chi connectivity index (χ1v) is 12.6. The molecule has 5 saturated heterocycles. The molecule has 2 bridgehead atoms. The number of hydroxylamine groups is 2. The number of hydrogen-bond acceptors (Lipinski definition) is 10. The predicted molar refractivity (Wildman–Crippen MR) is 118 cm³/mol. The first kappa shape index (κ1) is 21.4. The Labute approximate surface area is 197 Å². The molecule has 2 amide bonds. The molecule has 0 saturated carbocycles. The van der Waals surface area contributed by atoms with E-state index in [1.165, 1.54) is 40.7 Å². The lowest BCUT2D eigenvalue weighted by Gasteiger charge is -2.53. The maximum Gasteiger partial charge on any atom is 0.272 e. The number of nitrogens with zero attached hydrogens (tertiary/aromatic N) is 2. The number of likely N-dealkylation sites (N-methyl/N-ethyl adjacent to an activating group) is 1. The Morgan fingerprint density at radius 2 is 2.00 bits per heavy atom. The van der Waals surface area contributed by atoms with Crippen LogP contribution in [-0.4, -0.2) is 88.1 Å². The molecule has 7 unspecified atom stereocenters. The fraction of sp³-hybridized carbons (Fsp3) is 0.524. The molecule has 5 heterocycles. The number of phenolic OH excluding ortho intramolecular Hbond substituents is 1. The molecule has 10 nitrogen and oxygen atoms in total. The zero-order valence-corrected chi connectivity index (χ0v) is 19.6. The van der Waals surface area contributed by atoms with Crippen molar-refractivity contribution in [3.05, 3.63) is 29.8 Å². The molecule has 7 rings (SSSR count). The Kier molecular flexibility index (Phi) is 4.51. The number of fused-ring (bicyclic) bond motifs is 3. The van der Waals surface area contributed by atoms with Crippen LogP contribution in [0.5, 0.6) is 17.2 Å². The molecule has 1 aromatic carbocycles. The van der Waals surface area contributed by atoms with Gasteiger partial charge in [0, 0.05) is 19.0 Å². The number of aliphatic hydroxyl groups is 1. The standard InChI is InChI=1S/C21H22N2O8S2/c1-22-13-16(9-4-6-11(28-2)15(29-3)14(9)25)32-33-21(19(22)27)8-20-12(30-20)7-5-10(24)17(20)31-23(21)18(13)26/h4-7,10,12-13,16-17,24-25H,8H2,1-3H3. The van der Waals surface area contributed by atoms with Crippen LogP contribution in [0.15, 0.2) is 24.3 Å². The van der Waals surface area contributed by atoms with E-state index < -0.39 is 39.9 Å². The summed E-state index contributed by atoms with van der Waals surface area (Å²) in [4.78, 5) is 33.6. The highest BCUT2D eigenvalue weighted by Crippen LogP contribution is 2.65. The van der Waals surface area contributed by atoms with Gasteiger partial charge in [-0.1, -0.05) is 39.8 Å². The van der Waals surface area contributed by atoms with E-state index in [9.17, 15) is 19.8 Å². The molecule has 0 radical (unpaired) electrons. The van der Waals surface area contributed by atoms with Gasteiger partial charge in [0.05, 0.1) is 19.5 Å². The highest BCUT2D eigenvalue weighted by atomic mass is 33.1. The van der Waals surface area contributed by atoms with Crippen LogP contribution in [0.1, 0.15) is 17.2 Å². The summed E-state index contributed by atoms with van der Waals surface area (Å²) in [7, 11) is 7.03. The van der Waals surface area contributed by atoms with Crippen LogP contribution < -0.4 is 9.47 Å². The molecule has 2 N–H and O–H groups in total. The molecule has 7 atom stereocenters. The molecule has 176 valence electrons. The van der Waals surface area contributed by atoms with E-state index in [-0.39, 0.29) is 29.9 Å². The van der Waals surface area contributed by atoms with E-state index >= 15 is 0 Å². The van der Waals surface area contributed by atoms with E-state index in [1.807, 2.05) is 0 Å². The first-order chi connectivity index (χ1) is 15.8. The summed E-state index contributed by atoms with van der Waals surface area (Å²) >= 11 is 0. The van der Waals surface area contributed by atoms with Crippen LogP contribution in [0.2, 0.25) is 0 Å². The smallest absolute Gasteiger partial charge is 0.272 e. The third kappa shape index (κ3) is 2.58. The van der Waals surface area contributed by atoms with Gasteiger partial charge in [-0.05, 0) is 6.07 Å². The third-order valence-corrected chi connectivity index (χ3v) is 10.4. The van der Waals surface area contributed by atoms with Gasteiger partial charge in [0.1, 0.15) is 30.0 Å². The quantitative estimate of drug-likeness (QED) is 0.357. The average Bonchev–Trinajstić information content (AvgIpc) is 3.54. The van der Waals surface area contributed by atoms with Gasteiger partial charge < -0.3 is 29.3 Å². The van der Waals surface area contributed by atoms with Crippen LogP contribution in [0.3, 0.4) is 0 Å². The van der Waals surface area contributed by atoms with Crippen LogP contribution in [0.4, 0.5) is 0 Å². The zero-order valence-electron chi connectivity index (χ0n) is 18.0. The van der Waals surface area contributed by atoms with Crippen LogP contribution in [0, 0.1) is 0 Å². The molecule has 12 heteroatoms. The second kappa shape index (κ2) is 6.95. The maximum absolute atomic E-state index is 13.8. The van der Waals surface area contributed by atoms with Crippen molar-refractivity contribution in [2.24, 2.45) is 0 Å². The Hall–Kier alpha value is -2.12. The van der Waals surface area contributed by atoms with Gasteiger partial charge in [-0.2, -0.15) is 5.06 Å². The molecule has 5 fully saturated rings. The summed E-state index contributed by atoms with van der Waals surface area (Å²) in [6.45, 7) is 0. The van der Waals surface area contributed by atoms with Gasteiger partial charge >= 0.3 is 0 Å². The summed E-state index contributed by atoms with van der Waals surface area (Å²) in [5, 5.41) is 22.0. The highest BCUT2D eigenvalue weighted by Gasteiger charge is 2.77. The van der Waals surface area contributed by atoms with Crippen molar-refractivity contribution in [3.8, 4) is 17.2 Å². The topological polar surface area (TPSA) is 121 Å². The number of rotatable bonds is 3. The normalized spacial score (nSPS) is 40.7. The number of amides is 2. The number of epoxide rings is 1. The van der Waals surface area contributed by atoms with Crippen LogP contribution >= 0.6 is 21.6 Å². The molecular weight excluding hydrogens is 472 g/mol. The van der Waals surface area contributed by atoms with Gasteiger partial charge in [0.15, 0.2) is 11.5 Å². The number of phenols is 1. The number of carbonyl (C=O) groups is 2. The molecule has 1 aliphatic carbocycles. The number of aliphatic hydroxyl groups excluding tert-OH is 1. The molecule has 5 aliphatic heterocycles. The van der Waals surface area contributed by atoms with Crippen molar-refractivity contribution in [2.45, 2.75) is 46.5 Å². The second-order valence-electron chi connectivity index (χ2n) is 8.69. The molecule has 0 aromatic heterocycles. The second-order valence-corrected chi connectivity index (χ2v) is 11.3. The van der Waals surface area contributed by atoms with E-state index in [4.69, 9.17) is 19.0 Å². The summed E-state index contributed by atoms with van der Waals surface area (Å²) in [5.74, 6) is -0.337. The number of carbonyl (C=O) groups excluding carboxylic acids is 2. The maximum atomic E-state index is 13.8. The molecular formula is C21H22N2O8S2. The monoisotopic (exact) mass is 494 g/mol. The van der Waals surface area contributed by atoms with Crippen molar-refractivity contribution in [2.75, 3.05) is 21.3 Å². The Balaban J connectivity index is 1.44. The van der Waals surface area contributed by atoms with Crippen molar-refractivity contribution < 1.29 is 38.9 Å². The fourth-order valence-electron chi connectivity index (χ4n) is 5.35. The summed E-state index contributed by atoms with van der Waals surface area (Å²) in [6.07, 6.45) is 1.57. The zero-order chi connectivity index (χ0) is 23.3. The Morgan fingerprint density at radius 1 is 1.21 bits per heavy atom. The number of benzene rings is 1. The minimum absolute atomic E-state index is 0.150. The molecule has 6 aliphatic rings. The molecule has 2 spiro atoms. The summed E-state index contributed by atoms with van der Waals surface area (Å²) in [5.41, 5.74) is -0.412. The predicted octanol–water partition coefficient (Wildman–Crippen LogP) is 0.983. The summed E-state index contributed by atoms with van der Waals surface area (Å²) in [6, 6.07) is 2.39. The van der Waals surface area contributed by atoms with E-state index in [1.54, 1.807) is 31.3 Å². The van der Waals surface area contributed by atoms with Crippen molar-refractivity contribution >= 4 is 33.4 Å². The van der Waals surface area contributed by atoms with Crippen molar-refractivity contribution in [1.29, 1.82) is 0 Å². The fourth-order valence-corrected chi connectivity index (χ4v) is 9.02. The van der Waals surface area contributed by atoms with Crippen molar-refractivity contribution in [3.63, 3.8) is 0 Å². The van der Waals surface area contributed by atoms with Crippen LogP contribution in [-0.2, 0) is 19.2 Å². The summed E-state index contributed by atoms with van der Waals surface area (Å²) < 4.78 is 16.5. The third-order valence-electron chi connectivity index (χ3n) is 7.07. The van der Waals surface area contributed by atoms with E-state index in [0.717, 1.165) is 5.06 Å². The lowest BCUT2D eigenvalue weighted by atomic mass is 9.81. The number of piperazine rings is 1. The van der Waals surface area contributed by atoms with Gasteiger partial charge in [-0.25, -0.2) is 0 Å². The average molecular weight is 495 g/mol. The lowest BCUT2D eigenvalue weighted by Crippen LogP contribution is -2.74. The van der Waals surface area contributed by atoms with Crippen LogP contribution in [0.25, 0.3) is 0 Å². The van der Waals surface area contributed by atoms with Gasteiger partial charge in [0.2, 0.25) is 10.6 Å². The Bertz CT molecular complexity index is 1100. The minimum Gasteiger partial charge on any atom is -0.504 e. The van der Waals surface area contributed by atoms with Gasteiger partial charge in [-0.3, -0.25) is 14.4 Å². The molecule has 1 aromatic rings. The van der Waals surface area contributed by atoms with E-state index in [0.29, 0.717) is 11.3 Å². The lowest BCUT2D eigenvalue weighted by molar-refractivity contribution is -0.286. The number of hydrogen-bond donors (Lipinski definition) is 2. The molecule has 33 heavy (non-hydrogen) atoms. The van der Waals surface area contributed by atoms with Crippen molar-refractivity contribution in [1.82, 2.24) is 9.96 Å². The SMILES string of the molecule is COc1ccc(C2SSC34CC56OC5C=CC(O)C6ON3C(=O)C2N(C)C4=O)c(O)c1OC. The number of ether oxygens (including phenoxy) is 3. The Morgan fingerprint density at radius 3 is 2.73 bits per heavy atom. The minimum atomic E-state index is -1.34. The number of aromatic hydroxyl groups is 1. The van der Waals surface area contributed by atoms with Gasteiger partial charge in [-0.15, -0.1) is 0 Å². The van der Waals surface area contributed by atoms with Gasteiger partial charge in [0.25, 0.3) is 11.8 Å².